The van der Waals surface area contributed by atoms with Crippen LogP contribution in [-0.2, 0) is 20.0 Å². The number of urea groups is 1. The van der Waals surface area contributed by atoms with Gasteiger partial charge in [0.25, 0.3) is 20.0 Å². The highest BCUT2D eigenvalue weighted by atomic mass is 32.2. The van der Waals surface area contributed by atoms with Crippen molar-refractivity contribution in [2.75, 3.05) is 5.32 Å². The van der Waals surface area contributed by atoms with E-state index in [0.717, 1.165) is 29.7 Å². The first-order chi connectivity index (χ1) is 11.3. The molecule has 12 nitrogen and oxygen atoms in total. The first-order valence-electron chi connectivity index (χ1n) is 5.97. The molecule has 4 N–H and O–H groups in total. The van der Waals surface area contributed by atoms with Crippen LogP contribution in [-0.4, -0.2) is 43.0 Å². The number of benzene rings is 1. The lowest BCUT2D eigenvalue weighted by Gasteiger charge is -2.11. The maximum atomic E-state index is 12.2. The van der Waals surface area contributed by atoms with Crippen LogP contribution in [0.4, 0.5) is 10.7 Å². The lowest BCUT2D eigenvalue weighted by atomic mass is 10.4. The van der Waals surface area contributed by atoms with E-state index in [-0.39, 0.29) is 5.95 Å². The molecule has 1 aromatic heterocycles. The Balaban J connectivity index is 2.30. The van der Waals surface area contributed by atoms with Crippen molar-refractivity contribution in [1.82, 2.24) is 24.6 Å². The van der Waals surface area contributed by atoms with Crippen molar-refractivity contribution in [3.63, 3.8) is 0 Å². The van der Waals surface area contributed by atoms with E-state index in [9.17, 15) is 21.6 Å². The number of amides is 2. The van der Waals surface area contributed by atoms with E-state index in [2.05, 4.69) is 15.0 Å². The van der Waals surface area contributed by atoms with E-state index >= 15 is 0 Å². The number of nitrogens with zero attached hydrogens (tertiary/aromatic N) is 3. The van der Waals surface area contributed by atoms with Gasteiger partial charge in [-0.1, -0.05) is 17.0 Å². The van der Waals surface area contributed by atoms with Crippen LogP contribution < -0.4 is 14.9 Å². The van der Waals surface area contributed by atoms with Gasteiger partial charge in [-0.2, -0.15) is 0 Å². The fourth-order valence-electron chi connectivity index (χ4n) is 1.55. The zero-order valence-electron chi connectivity index (χ0n) is 11.6. The Labute approximate surface area is 136 Å². The van der Waals surface area contributed by atoms with E-state index in [1.54, 1.807) is 4.72 Å². The number of carbonyl (C=O) groups is 1. The first-order valence-corrected chi connectivity index (χ1v) is 8.93. The summed E-state index contributed by atoms with van der Waals surface area (Å²) in [6.45, 7) is 0. The number of aromatic nitrogens is 3. The van der Waals surface area contributed by atoms with Crippen LogP contribution in [0, 0.1) is 0 Å². The van der Waals surface area contributed by atoms with Crippen molar-refractivity contribution in [2.24, 2.45) is 0 Å². The Morgan fingerprint density at radius 3 is 2.04 bits per heavy atom. The molecule has 24 heavy (non-hydrogen) atoms. The Kier molecular flexibility index (Phi) is 5.03. The molecule has 0 bridgehead atoms. The molecular formula is C10H10N6O6S2. The smallest absolute Gasteiger partial charge is 0.302 e. The fraction of sp³-hybridized carbons (Fsp3) is 0. The van der Waals surface area contributed by atoms with E-state index in [1.165, 1.54) is 12.1 Å². The number of carbonyl (C=O) groups excluding carboxylic acids is 1. The summed E-state index contributed by atoms with van der Waals surface area (Å²) in [6.07, 6.45) is 2.15. The van der Waals surface area contributed by atoms with Crippen LogP contribution in [0.2, 0.25) is 0 Å². The van der Waals surface area contributed by atoms with Gasteiger partial charge in [0.2, 0.25) is 5.95 Å². The molecule has 0 fully saturated rings. The third kappa shape index (κ3) is 3.99. The summed E-state index contributed by atoms with van der Waals surface area (Å²) in [7, 11) is -9.05. The molecule has 0 saturated carbocycles. The van der Waals surface area contributed by atoms with Gasteiger partial charge in [-0.25, -0.2) is 41.3 Å². The van der Waals surface area contributed by atoms with Gasteiger partial charge in [0, 0.05) is 0 Å². The predicted octanol–water partition coefficient (Wildman–Crippen LogP) is -0.950. The van der Waals surface area contributed by atoms with Gasteiger partial charge in [-0.05, 0) is 12.1 Å². The predicted molar refractivity (Wildman–Crippen MR) is 77.7 cm³/mol. The van der Waals surface area contributed by atoms with Crippen LogP contribution in [0.25, 0.3) is 0 Å². The first kappa shape index (κ1) is 17.7. The average molecular weight is 374 g/mol. The van der Waals surface area contributed by atoms with Gasteiger partial charge in [-0.3, -0.25) is 5.32 Å². The standard InChI is InChI=1S/C10H10N6O6S2/c17-10(14-9-12-5-11-6-13-9)15-23(19,20)7-3-1-2-4-8(7)24(21,22)16-18/h1-6,16,18H,(H2,11,12,13,14,15,17). The van der Waals surface area contributed by atoms with Gasteiger partial charge in [-0.15, -0.1) is 0 Å². The van der Waals surface area contributed by atoms with E-state index < -0.39 is 35.9 Å². The Morgan fingerprint density at radius 2 is 1.50 bits per heavy atom. The third-order valence-electron chi connectivity index (χ3n) is 2.49. The summed E-state index contributed by atoms with van der Waals surface area (Å²) < 4.78 is 49.4. The average Bonchev–Trinajstić information content (AvgIpc) is 2.55. The summed E-state index contributed by atoms with van der Waals surface area (Å²) in [6, 6.07) is 3.16. The lowest BCUT2D eigenvalue weighted by molar-refractivity contribution is 0.242. The normalized spacial score (nSPS) is 11.7. The second-order valence-electron chi connectivity index (χ2n) is 4.06. The summed E-state index contributed by atoms with van der Waals surface area (Å²) >= 11 is 0. The number of nitrogens with one attached hydrogen (secondary N) is 3. The molecule has 0 atom stereocenters. The van der Waals surface area contributed by atoms with E-state index in [0.29, 0.717) is 0 Å². The highest BCUT2D eigenvalue weighted by Crippen LogP contribution is 2.20. The number of rotatable bonds is 5. The molecule has 0 aliphatic rings. The van der Waals surface area contributed by atoms with E-state index in [1.807, 2.05) is 5.32 Å². The summed E-state index contributed by atoms with van der Waals surface area (Å²) in [5.41, 5.74) is 0. The van der Waals surface area contributed by atoms with Crippen molar-refractivity contribution in [2.45, 2.75) is 9.79 Å². The van der Waals surface area contributed by atoms with Crippen LogP contribution in [0.1, 0.15) is 0 Å². The summed E-state index contributed by atoms with van der Waals surface area (Å²) in [5, 5.41) is 10.7. The van der Waals surface area contributed by atoms with E-state index in [4.69, 9.17) is 5.21 Å². The monoisotopic (exact) mass is 374 g/mol. The molecule has 2 rings (SSSR count). The van der Waals surface area contributed by atoms with Crippen LogP contribution in [0.3, 0.4) is 0 Å². The number of sulfonamides is 2. The van der Waals surface area contributed by atoms with Crippen molar-refractivity contribution in [3.8, 4) is 0 Å². The second kappa shape index (κ2) is 6.83. The zero-order valence-corrected chi connectivity index (χ0v) is 13.2. The van der Waals surface area contributed by atoms with Crippen LogP contribution in [0.15, 0.2) is 46.7 Å². The minimum atomic E-state index is -4.57. The molecule has 1 aromatic carbocycles. The molecule has 0 aliphatic carbocycles. The maximum Gasteiger partial charge on any atom is 0.335 e. The third-order valence-corrected chi connectivity index (χ3v) is 5.19. The van der Waals surface area contributed by atoms with Crippen LogP contribution in [0.5, 0.6) is 0 Å². The Morgan fingerprint density at radius 1 is 0.958 bits per heavy atom. The quantitative estimate of drug-likeness (QED) is 0.480. The van der Waals surface area contributed by atoms with Gasteiger partial charge in [0.15, 0.2) is 0 Å². The second-order valence-corrected chi connectivity index (χ2v) is 7.34. The van der Waals surface area contributed by atoms with Gasteiger partial charge in [0.1, 0.15) is 22.4 Å². The number of hydrogen-bond donors (Lipinski definition) is 4. The van der Waals surface area contributed by atoms with Crippen molar-refractivity contribution >= 4 is 32.0 Å². The molecule has 0 unspecified atom stereocenters. The summed E-state index contributed by atoms with van der Waals surface area (Å²) in [5.74, 6) is -0.212. The van der Waals surface area contributed by atoms with Crippen molar-refractivity contribution < 1.29 is 26.8 Å². The molecule has 0 aliphatic heterocycles. The van der Waals surface area contributed by atoms with Crippen molar-refractivity contribution in [3.05, 3.63) is 36.9 Å². The molecule has 14 heteroatoms. The Bertz CT molecular complexity index is 947. The largest absolute Gasteiger partial charge is 0.335 e. The highest BCUT2D eigenvalue weighted by molar-refractivity contribution is 7.92. The number of anilines is 1. The van der Waals surface area contributed by atoms with Crippen LogP contribution >= 0.6 is 0 Å². The lowest BCUT2D eigenvalue weighted by Crippen LogP contribution is -2.36. The maximum absolute atomic E-state index is 12.2. The molecule has 2 amide bonds. The molecule has 0 spiro atoms. The topological polar surface area (TPSA) is 180 Å². The fourth-order valence-corrected chi connectivity index (χ4v) is 3.89. The molecule has 128 valence electrons. The molecule has 1 heterocycles. The minimum absolute atomic E-state index is 0.212. The zero-order chi connectivity index (χ0) is 17.8. The molecular weight excluding hydrogens is 364 g/mol. The Hall–Kier alpha value is -2.68. The van der Waals surface area contributed by atoms with Gasteiger partial charge >= 0.3 is 6.03 Å². The minimum Gasteiger partial charge on any atom is -0.302 e. The van der Waals surface area contributed by atoms with Gasteiger partial charge in [0.05, 0.1) is 0 Å². The molecule has 0 saturated heterocycles. The highest BCUT2D eigenvalue weighted by Gasteiger charge is 2.27. The number of hydrogen-bond acceptors (Lipinski definition) is 9. The molecule has 2 aromatic rings. The molecule has 0 radical (unpaired) electrons. The SMILES string of the molecule is O=C(Nc1ncncn1)NS(=O)(=O)c1ccccc1S(=O)(=O)NO. The van der Waals surface area contributed by atoms with Crippen molar-refractivity contribution in [1.29, 1.82) is 0 Å². The summed E-state index contributed by atoms with van der Waals surface area (Å²) in [4.78, 5) is 21.9. The van der Waals surface area contributed by atoms with Gasteiger partial charge < -0.3 is 5.21 Å².